The Balaban J connectivity index is 3.16. The van der Waals surface area contributed by atoms with Crippen molar-refractivity contribution in [3.05, 3.63) is 16.4 Å². The van der Waals surface area contributed by atoms with Crippen LogP contribution in [0.1, 0.15) is 17.7 Å². The summed E-state index contributed by atoms with van der Waals surface area (Å²) in [5, 5.41) is 11.5. The Bertz CT molecular complexity index is 419. The summed E-state index contributed by atoms with van der Waals surface area (Å²) in [6, 6.07) is 1.80. The summed E-state index contributed by atoms with van der Waals surface area (Å²) in [6.45, 7) is 0.00923. The first-order valence-electron chi connectivity index (χ1n) is 4.17. The van der Waals surface area contributed by atoms with E-state index < -0.39 is 11.9 Å². The second-order valence-electron chi connectivity index (χ2n) is 2.88. The highest BCUT2D eigenvalue weighted by Gasteiger charge is 2.38. The molecule has 0 aliphatic carbocycles. The summed E-state index contributed by atoms with van der Waals surface area (Å²) in [5.41, 5.74) is -1.35. The molecule has 1 rings (SSSR count). The molecular formula is C8H6Cl2F3N3. The number of aryl methyl sites for hydroxylation is 1. The minimum absolute atomic E-state index is 0.00923. The first-order valence-corrected chi connectivity index (χ1v) is 5.08. The first-order chi connectivity index (χ1) is 7.41. The smallest absolute Gasteiger partial charge is 0.252 e. The third kappa shape index (κ3) is 2.60. The lowest BCUT2D eigenvalue weighted by atomic mass is 10.3. The summed E-state index contributed by atoms with van der Waals surface area (Å²) in [6.07, 6.45) is -4.56. The maximum atomic E-state index is 12.5. The minimum Gasteiger partial charge on any atom is -0.252 e. The fraction of sp³-hybridized carbons (Fsp3) is 0.500. The van der Waals surface area contributed by atoms with Crippen molar-refractivity contribution >= 4 is 23.2 Å². The average molecular weight is 272 g/mol. The summed E-state index contributed by atoms with van der Waals surface area (Å²) in [7, 11) is 0. The van der Waals surface area contributed by atoms with E-state index in [2.05, 4.69) is 5.10 Å². The number of hydrogen-bond donors (Lipinski definition) is 0. The van der Waals surface area contributed by atoms with Crippen LogP contribution in [0, 0.1) is 11.3 Å². The number of alkyl halides is 4. The number of hydrogen-bond acceptors (Lipinski definition) is 2. The summed E-state index contributed by atoms with van der Waals surface area (Å²) >= 11 is 11.1. The van der Waals surface area contributed by atoms with E-state index in [0.29, 0.717) is 0 Å². The third-order valence-corrected chi connectivity index (χ3v) is 2.51. The molecule has 0 aliphatic heterocycles. The van der Waals surface area contributed by atoms with E-state index in [9.17, 15) is 13.2 Å². The molecule has 0 saturated heterocycles. The van der Waals surface area contributed by atoms with Crippen molar-refractivity contribution in [2.45, 2.75) is 25.0 Å². The van der Waals surface area contributed by atoms with Crippen LogP contribution in [0.15, 0.2) is 0 Å². The van der Waals surface area contributed by atoms with Crippen LogP contribution >= 0.6 is 23.2 Å². The molecule has 0 saturated carbocycles. The van der Waals surface area contributed by atoms with Gasteiger partial charge in [0.05, 0.1) is 24.9 Å². The lowest BCUT2D eigenvalue weighted by molar-refractivity contribution is -0.142. The zero-order valence-corrected chi connectivity index (χ0v) is 9.36. The lowest BCUT2D eigenvalue weighted by Gasteiger charge is -2.02. The second kappa shape index (κ2) is 4.93. The molecular weight excluding hydrogens is 266 g/mol. The van der Waals surface area contributed by atoms with Crippen molar-refractivity contribution in [3.63, 3.8) is 0 Å². The van der Waals surface area contributed by atoms with Crippen molar-refractivity contribution in [2.24, 2.45) is 0 Å². The van der Waals surface area contributed by atoms with E-state index in [1.807, 2.05) is 0 Å². The van der Waals surface area contributed by atoms with Crippen LogP contribution in [-0.4, -0.2) is 9.78 Å². The topological polar surface area (TPSA) is 41.6 Å². The Labute approximate surface area is 99.4 Å². The zero-order chi connectivity index (χ0) is 12.3. The molecule has 1 heterocycles. The number of nitrogens with zero attached hydrogens (tertiary/aromatic N) is 3. The molecule has 0 atom stereocenters. The van der Waals surface area contributed by atoms with Gasteiger partial charge in [-0.15, -0.1) is 11.6 Å². The van der Waals surface area contributed by atoms with Crippen molar-refractivity contribution in [3.8, 4) is 6.07 Å². The summed E-state index contributed by atoms with van der Waals surface area (Å²) in [4.78, 5) is 0. The van der Waals surface area contributed by atoms with Gasteiger partial charge >= 0.3 is 6.18 Å². The Morgan fingerprint density at radius 1 is 1.44 bits per heavy atom. The molecule has 0 N–H and O–H groups in total. The Hall–Kier alpha value is -0.930. The van der Waals surface area contributed by atoms with Crippen LogP contribution in [0.4, 0.5) is 13.2 Å². The van der Waals surface area contributed by atoms with E-state index in [1.165, 1.54) is 0 Å². The number of aromatic nitrogens is 2. The minimum atomic E-state index is -4.59. The van der Waals surface area contributed by atoms with E-state index in [-0.39, 0.29) is 29.6 Å². The first kappa shape index (κ1) is 13.1. The van der Waals surface area contributed by atoms with E-state index in [0.717, 1.165) is 4.68 Å². The van der Waals surface area contributed by atoms with Crippen molar-refractivity contribution in [1.29, 1.82) is 5.26 Å². The quantitative estimate of drug-likeness (QED) is 0.793. The molecule has 3 nitrogen and oxygen atoms in total. The van der Waals surface area contributed by atoms with Crippen LogP contribution in [0.25, 0.3) is 0 Å². The molecule has 0 spiro atoms. The van der Waals surface area contributed by atoms with Gasteiger partial charge in [0.15, 0.2) is 5.69 Å². The highest BCUT2D eigenvalue weighted by Crippen LogP contribution is 2.35. The van der Waals surface area contributed by atoms with Gasteiger partial charge in [-0.3, -0.25) is 4.68 Å². The van der Waals surface area contributed by atoms with Crippen LogP contribution in [0.3, 0.4) is 0 Å². The van der Waals surface area contributed by atoms with Crippen LogP contribution in [-0.2, 0) is 18.6 Å². The molecule has 0 fully saturated rings. The van der Waals surface area contributed by atoms with Crippen LogP contribution in [0.5, 0.6) is 0 Å². The van der Waals surface area contributed by atoms with Gasteiger partial charge in [-0.25, -0.2) is 0 Å². The molecule has 0 radical (unpaired) electrons. The third-order valence-electron chi connectivity index (χ3n) is 1.82. The van der Waals surface area contributed by atoms with E-state index >= 15 is 0 Å². The Morgan fingerprint density at radius 3 is 2.44 bits per heavy atom. The second-order valence-corrected chi connectivity index (χ2v) is 3.51. The summed E-state index contributed by atoms with van der Waals surface area (Å²) in [5.74, 6) is -0.375. The maximum Gasteiger partial charge on any atom is 0.435 e. The summed E-state index contributed by atoms with van der Waals surface area (Å²) < 4.78 is 38.4. The fourth-order valence-corrected chi connectivity index (χ4v) is 1.73. The normalized spacial score (nSPS) is 11.5. The average Bonchev–Trinajstić information content (AvgIpc) is 2.51. The monoisotopic (exact) mass is 271 g/mol. The van der Waals surface area contributed by atoms with Gasteiger partial charge in [0.1, 0.15) is 5.15 Å². The number of halogens is 5. The molecule has 88 valence electrons. The molecule has 8 heteroatoms. The Kier molecular flexibility index (Phi) is 4.05. The molecule has 0 aromatic carbocycles. The molecule has 1 aromatic rings. The van der Waals surface area contributed by atoms with Crippen molar-refractivity contribution in [2.75, 3.05) is 0 Å². The predicted molar refractivity (Wildman–Crippen MR) is 52.0 cm³/mol. The molecule has 0 aliphatic rings. The van der Waals surface area contributed by atoms with Crippen LogP contribution < -0.4 is 0 Å². The highest BCUT2D eigenvalue weighted by molar-refractivity contribution is 6.31. The van der Waals surface area contributed by atoms with Gasteiger partial charge in [0, 0.05) is 5.56 Å². The van der Waals surface area contributed by atoms with Gasteiger partial charge in [-0.05, 0) is 0 Å². The number of rotatable bonds is 3. The Morgan fingerprint density at radius 2 is 2.06 bits per heavy atom. The standard InChI is InChI=1S/C8H6Cl2F3N3/c9-4-5-6(8(11,12)13)15-16(7(5)10)3-1-2-14/h1,3-4H2. The van der Waals surface area contributed by atoms with E-state index in [1.54, 1.807) is 6.07 Å². The SMILES string of the molecule is N#CCCn1nc(C(F)(F)F)c(CCl)c1Cl. The molecule has 16 heavy (non-hydrogen) atoms. The molecule has 1 aromatic heterocycles. The molecule has 0 amide bonds. The van der Waals surface area contributed by atoms with Crippen molar-refractivity contribution in [1.82, 2.24) is 9.78 Å². The highest BCUT2D eigenvalue weighted by atomic mass is 35.5. The van der Waals surface area contributed by atoms with Gasteiger partial charge < -0.3 is 0 Å². The van der Waals surface area contributed by atoms with Crippen molar-refractivity contribution < 1.29 is 13.2 Å². The largest absolute Gasteiger partial charge is 0.435 e. The predicted octanol–water partition coefficient (Wildman–Crippen LogP) is 3.21. The van der Waals surface area contributed by atoms with Gasteiger partial charge in [0.25, 0.3) is 0 Å². The molecule has 0 bridgehead atoms. The zero-order valence-electron chi connectivity index (χ0n) is 7.85. The lowest BCUT2D eigenvalue weighted by Crippen LogP contribution is -2.09. The van der Waals surface area contributed by atoms with Crippen LogP contribution in [0.2, 0.25) is 5.15 Å². The molecule has 0 unspecified atom stereocenters. The number of nitriles is 1. The van der Waals surface area contributed by atoms with Gasteiger partial charge in [0.2, 0.25) is 0 Å². The van der Waals surface area contributed by atoms with Gasteiger partial charge in [-0.2, -0.15) is 23.5 Å². The van der Waals surface area contributed by atoms with E-state index in [4.69, 9.17) is 28.5 Å². The fourth-order valence-electron chi connectivity index (χ4n) is 1.13. The van der Waals surface area contributed by atoms with Gasteiger partial charge in [-0.1, -0.05) is 11.6 Å². The maximum absolute atomic E-state index is 12.5.